The number of nitrogens with zero attached hydrogens (tertiary/aromatic N) is 1. The fourth-order valence-corrected chi connectivity index (χ4v) is 3.09. The number of aliphatic hydroxyl groups is 1. The van der Waals surface area contributed by atoms with Crippen LogP contribution in [-0.2, 0) is 0 Å². The SMILES string of the molecule is CCCC1CCCCN1C1CNCC1O. The minimum Gasteiger partial charge on any atom is -0.390 e. The van der Waals surface area contributed by atoms with E-state index in [-0.39, 0.29) is 6.10 Å². The van der Waals surface area contributed by atoms with Crippen molar-refractivity contribution in [2.75, 3.05) is 19.6 Å². The lowest BCUT2D eigenvalue weighted by molar-refractivity contribution is 0.0313. The first-order valence-corrected chi connectivity index (χ1v) is 6.47. The Morgan fingerprint density at radius 1 is 1.33 bits per heavy atom. The Balaban J connectivity index is 1.97. The molecule has 2 rings (SSSR count). The van der Waals surface area contributed by atoms with Crippen molar-refractivity contribution >= 4 is 0 Å². The molecule has 0 radical (unpaired) electrons. The largest absolute Gasteiger partial charge is 0.390 e. The van der Waals surface area contributed by atoms with Crippen molar-refractivity contribution in [2.24, 2.45) is 0 Å². The number of likely N-dealkylation sites (tertiary alicyclic amines) is 1. The summed E-state index contributed by atoms with van der Waals surface area (Å²) >= 11 is 0. The van der Waals surface area contributed by atoms with Crippen LogP contribution in [-0.4, -0.2) is 47.8 Å². The van der Waals surface area contributed by atoms with Crippen LogP contribution < -0.4 is 5.32 Å². The van der Waals surface area contributed by atoms with Gasteiger partial charge in [0.2, 0.25) is 0 Å². The highest BCUT2D eigenvalue weighted by molar-refractivity contribution is 4.92. The van der Waals surface area contributed by atoms with E-state index in [1.807, 2.05) is 0 Å². The van der Waals surface area contributed by atoms with Gasteiger partial charge >= 0.3 is 0 Å². The van der Waals surface area contributed by atoms with Gasteiger partial charge in [0, 0.05) is 25.2 Å². The van der Waals surface area contributed by atoms with Crippen molar-refractivity contribution in [1.29, 1.82) is 0 Å². The Bertz CT molecular complexity index is 196. The molecule has 2 fully saturated rings. The number of rotatable bonds is 3. The van der Waals surface area contributed by atoms with Crippen LogP contribution in [0.4, 0.5) is 0 Å². The average molecular weight is 212 g/mol. The van der Waals surface area contributed by atoms with Crippen LogP contribution in [0.15, 0.2) is 0 Å². The van der Waals surface area contributed by atoms with Crippen molar-refractivity contribution in [3.05, 3.63) is 0 Å². The summed E-state index contributed by atoms with van der Waals surface area (Å²) in [7, 11) is 0. The Morgan fingerprint density at radius 2 is 2.20 bits per heavy atom. The summed E-state index contributed by atoms with van der Waals surface area (Å²) in [4.78, 5) is 2.57. The van der Waals surface area contributed by atoms with Crippen molar-refractivity contribution in [3.8, 4) is 0 Å². The topological polar surface area (TPSA) is 35.5 Å². The zero-order chi connectivity index (χ0) is 10.7. The van der Waals surface area contributed by atoms with Crippen LogP contribution in [0.2, 0.25) is 0 Å². The molecule has 2 aliphatic heterocycles. The van der Waals surface area contributed by atoms with E-state index in [4.69, 9.17) is 0 Å². The van der Waals surface area contributed by atoms with Crippen molar-refractivity contribution < 1.29 is 5.11 Å². The summed E-state index contributed by atoms with van der Waals surface area (Å²) in [5.74, 6) is 0. The first-order valence-electron chi connectivity index (χ1n) is 6.47. The average Bonchev–Trinajstić information content (AvgIpc) is 2.66. The molecule has 3 atom stereocenters. The molecule has 0 bridgehead atoms. The van der Waals surface area contributed by atoms with E-state index in [2.05, 4.69) is 17.1 Å². The number of piperidine rings is 1. The molecule has 3 heteroatoms. The fraction of sp³-hybridized carbons (Fsp3) is 1.00. The summed E-state index contributed by atoms with van der Waals surface area (Å²) in [6.45, 7) is 5.20. The lowest BCUT2D eigenvalue weighted by Crippen LogP contribution is -2.51. The van der Waals surface area contributed by atoms with Crippen molar-refractivity contribution in [2.45, 2.75) is 57.2 Å². The Morgan fingerprint density at radius 3 is 2.87 bits per heavy atom. The van der Waals surface area contributed by atoms with E-state index in [1.54, 1.807) is 0 Å². The van der Waals surface area contributed by atoms with Gasteiger partial charge in [-0.3, -0.25) is 4.90 Å². The van der Waals surface area contributed by atoms with Crippen molar-refractivity contribution in [1.82, 2.24) is 10.2 Å². The van der Waals surface area contributed by atoms with E-state index in [9.17, 15) is 5.11 Å². The number of hydrogen-bond donors (Lipinski definition) is 2. The fourth-order valence-electron chi connectivity index (χ4n) is 3.09. The van der Waals surface area contributed by atoms with Crippen LogP contribution in [0.3, 0.4) is 0 Å². The predicted octanol–water partition coefficient (Wildman–Crippen LogP) is 0.974. The molecule has 0 aromatic rings. The molecule has 0 aromatic heterocycles. The van der Waals surface area contributed by atoms with E-state index >= 15 is 0 Å². The molecule has 3 nitrogen and oxygen atoms in total. The molecule has 2 heterocycles. The summed E-state index contributed by atoms with van der Waals surface area (Å²) < 4.78 is 0. The van der Waals surface area contributed by atoms with Gasteiger partial charge in [0.05, 0.1) is 6.10 Å². The summed E-state index contributed by atoms with van der Waals surface area (Å²) in [5.41, 5.74) is 0. The minimum absolute atomic E-state index is 0.151. The summed E-state index contributed by atoms with van der Waals surface area (Å²) in [6, 6.07) is 1.10. The van der Waals surface area contributed by atoms with Gasteiger partial charge in [-0.25, -0.2) is 0 Å². The standard InChI is InChI=1S/C12H24N2O/c1-2-5-10-6-3-4-7-14(10)11-8-13-9-12(11)15/h10-13,15H,2-9H2,1H3. The molecule has 15 heavy (non-hydrogen) atoms. The first kappa shape index (κ1) is 11.4. The second-order valence-corrected chi connectivity index (χ2v) is 4.97. The van der Waals surface area contributed by atoms with Gasteiger partial charge in [-0.05, 0) is 25.8 Å². The van der Waals surface area contributed by atoms with Gasteiger partial charge in [0.1, 0.15) is 0 Å². The third-order valence-corrected chi connectivity index (χ3v) is 3.87. The molecule has 0 saturated carbocycles. The van der Waals surface area contributed by atoms with Crippen LogP contribution >= 0.6 is 0 Å². The Labute approximate surface area is 92.8 Å². The van der Waals surface area contributed by atoms with E-state index < -0.39 is 0 Å². The van der Waals surface area contributed by atoms with Gasteiger partial charge in [-0.1, -0.05) is 19.8 Å². The van der Waals surface area contributed by atoms with Crippen LogP contribution in [0, 0.1) is 0 Å². The van der Waals surface area contributed by atoms with Crippen LogP contribution in [0.25, 0.3) is 0 Å². The molecule has 0 aliphatic carbocycles. The lowest BCUT2D eigenvalue weighted by Gasteiger charge is -2.40. The second kappa shape index (κ2) is 5.28. The Kier molecular flexibility index (Phi) is 4.00. The highest BCUT2D eigenvalue weighted by atomic mass is 16.3. The van der Waals surface area contributed by atoms with Crippen molar-refractivity contribution in [3.63, 3.8) is 0 Å². The third kappa shape index (κ3) is 2.52. The third-order valence-electron chi connectivity index (χ3n) is 3.87. The predicted molar refractivity (Wildman–Crippen MR) is 61.9 cm³/mol. The number of aliphatic hydroxyl groups excluding tert-OH is 1. The zero-order valence-corrected chi connectivity index (χ0v) is 9.78. The molecule has 0 aromatic carbocycles. The molecule has 88 valence electrons. The maximum Gasteiger partial charge on any atom is 0.0831 e. The summed E-state index contributed by atoms with van der Waals surface area (Å²) in [6.07, 6.45) is 6.42. The molecule has 2 saturated heterocycles. The molecular weight excluding hydrogens is 188 g/mol. The quantitative estimate of drug-likeness (QED) is 0.732. The van der Waals surface area contributed by atoms with Gasteiger partial charge < -0.3 is 10.4 Å². The minimum atomic E-state index is -0.151. The van der Waals surface area contributed by atoms with Gasteiger partial charge in [-0.2, -0.15) is 0 Å². The van der Waals surface area contributed by atoms with Gasteiger partial charge in [-0.15, -0.1) is 0 Å². The molecular formula is C12H24N2O. The van der Waals surface area contributed by atoms with Gasteiger partial charge in [0.25, 0.3) is 0 Å². The highest BCUT2D eigenvalue weighted by Crippen LogP contribution is 2.25. The maximum absolute atomic E-state index is 9.92. The van der Waals surface area contributed by atoms with Gasteiger partial charge in [0.15, 0.2) is 0 Å². The highest BCUT2D eigenvalue weighted by Gasteiger charge is 2.35. The van der Waals surface area contributed by atoms with E-state index in [0.29, 0.717) is 6.04 Å². The molecule has 3 unspecified atom stereocenters. The van der Waals surface area contributed by atoms with Crippen LogP contribution in [0.5, 0.6) is 0 Å². The smallest absolute Gasteiger partial charge is 0.0831 e. The number of nitrogens with one attached hydrogen (secondary N) is 1. The molecule has 2 N–H and O–H groups in total. The lowest BCUT2D eigenvalue weighted by atomic mass is 9.95. The van der Waals surface area contributed by atoms with E-state index in [1.165, 1.54) is 38.6 Å². The van der Waals surface area contributed by atoms with Crippen LogP contribution in [0.1, 0.15) is 39.0 Å². The normalized spacial score (nSPS) is 38.4. The molecule has 2 aliphatic rings. The van der Waals surface area contributed by atoms with E-state index in [0.717, 1.165) is 19.1 Å². The molecule has 0 spiro atoms. The zero-order valence-electron chi connectivity index (χ0n) is 9.78. The first-order chi connectivity index (χ1) is 7.33. The Hall–Kier alpha value is -0.120. The number of β-amino-alcohol motifs (C(OH)–C–C–N with tert-alkyl or cyclic N) is 1. The monoisotopic (exact) mass is 212 g/mol. The maximum atomic E-state index is 9.92. The summed E-state index contributed by atoms with van der Waals surface area (Å²) in [5, 5.41) is 13.2. The molecule has 0 amide bonds. The number of hydrogen-bond acceptors (Lipinski definition) is 3. The second-order valence-electron chi connectivity index (χ2n) is 4.97.